The maximum absolute atomic E-state index is 6.72. The Morgan fingerprint density at radius 1 is 1.03 bits per heavy atom. The van der Waals surface area contributed by atoms with Crippen LogP contribution in [0.15, 0.2) is 88.3 Å². The summed E-state index contributed by atoms with van der Waals surface area (Å²) in [4.78, 5) is 0. The van der Waals surface area contributed by atoms with E-state index in [9.17, 15) is 0 Å². The molecule has 2 heterocycles. The molecular weight excluding hydrogens is 454 g/mol. The molecular formula is C30H40O2P2. The highest BCUT2D eigenvalue weighted by atomic mass is 31.1. The summed E-state index contributed by atoms with van der Waals surface area (Å²) in [7, 11) is -1.32. The van der Waals surface area contributed by atoms with E-state index in [1.807, 2.05) is 13.8 Å². The smallest absolute Gasteiger partial charge is 0.131 e. The first kappa shape index (κ1) is 26.7. The van der Waals surface area contributed by atoms with E-state index in [-0.39, 0.29) is 0 Å². The molecule has 1 aromatic rings. The lowest BCUT2D eigenvalue weighted by Crippen LogP contribution is -2.11. The molecule has 0 saturated heterocycles. The predicted molar refractivity (Wildman–Crippen MR) is 153 cm³/mol. The summed E-state index contributed by atoms with van der Waals surface area (Å²) in [5, 5.41) is 2.93. The molecule has 2 unspecified atom stereocenters. The number of benzene rings is 1. The molecule has 182 valence electrons. The van der Waals surface area contributed by atoms with Crippen LogP contribution in [0, 0.1) is 0 Å². The molecule has 2 aliphatic heterocycles. The fraction of sp³-hybridized carbons (Fsp3) is 0.400. The number of para-hydroxylation sites is 1. The van der Waals surface area contributed by atoms with Gasteiger partial charge in [-0.3, -0.25) is 0 Å². The van der Waals surface area contributed by atoms with Crippen molar-refractivity contribution < 1.29 is 9.05 Å². The van der Waals surface area contributed by atoms with Crippen LogP contribution in [-0.4, -0.2) is 12.3 Å². The molecule has 0 spiro atoms. The Hall–Kier alpha value is -1.88. The summed E-state index contributed by atoms with van der Waals surface area (Å²) in [6.07, 6.45) is 20.1. The summed E-state index contributed by atoms with van der Waals surface area (Å²) in [5.74, 6) is 2.10. The van der Waals surface area contributed by atoms with Gasteiger partial charge >= 0.3 is 0 Å². The van der Waals surface area contributed by atoms with E-state index in [0.29, 0.717) is 0 Å². The first-order valence-electron chi connectivity index (χ1n) is 12.8. The topological polar surface area (TPSA) is 18.5 Å². The highest BCUT2D eigenvalue weighted by molar-refractivity contribution is 7.61. The average molecular weight is 495 g/mol. The van der Waals surface area contributed by atoms with Gasteiger partial charge in [0.25, 0.3) is 0 Å². The second-order valence-corrected chi connectivity index (χ2v) is 12.2. The molecule has 0 saturated carbocycles. The Kier molecular flexibility index (Phi) is 10.4. The van der Waals surface area contributed by atoms with E-state index in [1.165, 1.54) is 39.3 Å². The molecule has 4 rings (SSSR count). The SMILES string of the molecule is C/C=C\C1=C(C)P(CCP2OC(=C/CC)/C(=C\C)C3=C2CCCC=C3)Oc2ccccc21.CC. The fourth-order valence-electron chi connectivity index (χ4n) is 4.55. The molecule has 0 N–H and O–H groups in total. The van der Waals surface area contributed by atoms with Crippen LogP contribution in [0.2, 0.25) is 0 Å². The summed E-state index contributed by atoms with van der Waals surface area (Å²) >= 11 is 0. The van der Waals surface area contributed by atoms with Crippen molar-refractivity contribution in [3.8, 4) is 5.75 Å². The van der Waals surface area contributed by atoms with Crippen molar-refractivity contribution in [2.75, 3.05) is 12.3 Å². The van der Waals surface area contributed by atoms with Gasteiger partial charge in [0.15, 0.2) is 0 Å². The van der Waals surface area contributed by atoms with Gasteiger partial charge in [-0.1, -0.05) is 69.4 Å². The Morgan fingerprint density at radius 3 is 2.53 bits per heavy atom. The molecule has 0 aromatic heterocycles. The third kappa shape index (κ3) is 5.84. The first-order chi connectivity index (χ1) is 16.7. The van der Waals surface area contributed by atoms with Crippen LogP contribution in [-0.2, 0) is 4.52 Å². The Morgan fingerprint density at radius 2 is 1.79 bits per heavy atom. The van der Waals surface area contributed by atoms with Crippen LogP contribution < -0.4 is 4.52 Å². The van der Waals surface area contributed by atoms with Gasteiger partial charge in [-0.25, -0.2) is 0 Å². The van der Waals surface area contributed by atoms with E-state index in [2.05, 4.69) is 88.4 Å². The molecule has 1 aliphatic carbocycles. The Labute approximate surface area is 209 Å². The molecule has 0 bridgehead atoms. The van der Waals surface area contributed by atoms with Crippen LogP contribution in [0.5, 0.6) is 5.75 Å². The van der Waals surface area contributed by atoms with Crippen LogP contribution in [0.25, 0.3) is 5.57 Å². The van der Waals surface area contributed by atoms with E-state index in [4.69, 9.17) is 9.05 Å². The second kappa shape index (κ2) is 13.3. The van der Waals surface area contributed by atoms with E-state index < -0.39 is 16.3 Å². The monoisotopic (exact) mass is 494 g/mol. The van der Waals surface area contributed by atoms with Gasteiger partial charge in [0.2, 0.25) is 0 Å². The van der Waals surface area contributed by atoms with Gasteiger partial charge in [0, 0.05) is 23.5 Å². The molecule has 4 heteroatoms. The lowest BCUT2D eigenvalue weighted by molar-refractivity contribution is 0.478. The van der Waals surface area contributed by atoms with Gasteiger partial charge in [-0.15, -0.1) is 0 Å². The molecule has 2 atom stereocenters. The normalized spacial score (nSPS) is 24.3. The van der Waals surface area contributed by atoms with Crippen molar-refractivity contribution >= 4 is 21.9 Å². The quantitative estimate of drug-likeness (QED) is 0.379. The number of hydrogen-bond acceptors (Lipinski definition) is 2. The maximum atomic E-state index is 6.72. The molecule has 3 aliphatic rings. The number of allylic oxidation sites excluding steroid dienone is 10. The number of fused-ring (bicyclic) bond motifs is 1. The van der Waals surface area contributed by atoms with Crippen molar-refractivity contribution in [2.45, 2.75) is 67.2 Å². The van der Waals surface area contributed by atoms with Crippen LogP contribution in [0.1, 0.15) is 72.8 Å². The largest absolute Gasteiger partial charge is 0.469 e. The fourth-order valence-corrected chi connectivity index (χ4v) is 9.18. The number of hydrogen-bond donors (Lipinski definition) is 0. The Balaban J connectivity index is 0.00000158. The van der Waals surface area contributed by atoms with Crippen molar-refractivity contribution in [1.82, 2.24) is 0 Å². The third-order valence-electron chi connectivity index (χ3n) is 6.11. The minimum absolute atomic E-state index is 0.648. The summed E-state index contributed by atoms with van der Waals surface area (Å²) in [5.41, 5.74) is 5.24. The predicted octanol–water partition coefficient (Wildman–Crippen LogP) is 10.5. The Bertz CT molecular complexity index is 1040. The summed E-state index contributed by atoms with van der Waals surface area (Å²) in [6.45, 7) is 12.7. The lowest BCUT2D eigenvalue weighted by atomic mass is 10.0. The highest BCUT2D eigenvalue weighted by Crippen LogP contribution is 2.62. The zero-order valence-corrected chi connectivity index (χ0v) is 23.5. The standard InChI is InChI=1S/C28H34O2P2.C2H6/c1-5-13-23-21(4)31(29-27-17-12-11-15-24(23)27)19-20-32-28-18-10-8-9-16-25(28)22(7-3)26(30-32)14-6-2;1-2/h5,7,9,11-17H,6,8,10,18-20H2,1-4H3;1-2H3/b13-5-,22-7-,26-14+;. The van der Waals surface area contributed by atoms with Crippen molar-refractivity contribution in [3.05, 3.63) is 93.8 Å². The molecule has 1 aromatic carbocycles. The highest BCUT2D eigenvalue weighted by Gasteiger charge is 2.32. The minimum atomic E-state index is -0.673. The average Bonchev–Trinajstić information content (AvgIpc) is 3.12. The second-order valence-electron chi connectivity index (χ2n) is 8.22. The lowest BCUT2D eigenvalue weighted by Gasteiger charge is -2.33. The van der Waals surface area contributed by atoms with Crippen molar-refractivity contribution in [3.63, 3.8) is 0 Å². The van der Waals surface area contributed by atoms with Gasteiger partial charge in [-0.2, -0.15) is 0 Å². The molecule has 34 heavy (non-hydrogen) atoms. The summed E-state index contributed by atoms with van der Waals surface area (Å²) < 4.78 is 13.3. The van der Waals surface area contributed by atoms with Gasteiger partial charge in [0.05, 0.1) is 0 Å². The third-order valence-corrected chi connectivity index (χ3v) is 10.6. The van der Waals surface area contributed by atoms with E-state index >= 15 is 0 Å². The number of rotatable bonds is 5. The zero-order chi connectivity index (χ0) is 24.5. The minimum Gasteiger partial charge on any atom is -0.469 e. The zero-order valence-electron chi connectivity index (χ0n) is 21.7. The van der Waals surface area contributed by atoms with Crippen molar-refractivity contribution in [1.29, 1.82) is 0 Å². The van der Waals surface area contributed by atoms with Gasteiger partial charge in [-0.05, 0) is 80.4 Å². The van der Waals surface area contributed by atoms with E-state index in [1.54, 1.807) is 0 Å². The first-order valence-corrected chi connectivity index (χ1v) is 15.7. The van der Waals surface area contributed by atoms with Gasteiger partial charge in [0.1, 0.15) is 27.8 Å². The van der Waals surface area contributed by atoms with Gasteiger partial charge < -0.3 is 9.05 Å². The molecule has 2 nitrogen and oxygen atoms in total. The molecule has 0 fully saturated rings. The maximum Gasteiger partial charge on any atom is 0.131 e. The van der Waals surface area contributed by atoms with E-state index in [0.717, 1.165) is 43.1 Å². The summed E-state index contributed by atoms with van der Waals surface area (Å²) in [6, 6.07) is 8.45. The van der Waals surface area contributed by atoms with Crippen molar-refractivity contribution in [2.24, 2.45) is 0 Å². The molecule has 0 radical (unpaired) electrons. The van der Waals surface area contributed by atoms with Crippen LogP contribution in [0.3, 0.4) is 0 Å². The van der Waals surface area contributed by atoms with Crippen LogP contribution in [0.4, 0.5) is 0 Å². The molecule has 0 amide bonds. The van der Waals surface area contributed by atoms with Crippen LogP contribution >= 0.6 is 16.3 Å².